The molecule has 0 bridgehead atoms. The number of phenols is 1. The summed E-state index contributed by atoms with van der Waals surface area (Å²) in [5, 5.41) is 13.7. The summed E-state index contributed by atoms with van der Waals surface area (Å²) >= 11 is -0.0295. The second kappa shape index (κ2) is 5.66. The molecule has 1 N–H and O–H groups in total. The van der Waals surface area contributed by atoms with E-state index in [1.165, 1.54) is 17.6 Å². The lowest BCUT2D eigenvalue weighted by molar-refractivity contribution is 0.475. The molecule has 1 heterocycles. The fourth-order valence-electron chi connectivity index (χ4n) is 1.94. The Labute approximate surface area is 123 Å². The van der Waals surface area contributed by atoms with E-state index >= 15 is 0 Å². The van der Waals surface area contributed by atoms with Crippen molar-refractivity contribution in [3.63, 3.8) is 0 Å². The van der Waals surface area contributed by atoms with Gasteiger partial charge in [0.05, 0.1) is 6.21 Å². The van der Waals surface area contributed by atoms with Gasteiger partial charge in [0.1, 0.15) is 17.1 Å². The molecule has 0 radical (unpaired) electrons. The zero-order valence-electron chi connectivity index (χ0n) is 10.4. The van der Waals surface area contributed by atoms with Crippen molar-refractivity contribution in [1.82, 2.24) is 0 Å². The zero-order chi connectivity index (χ0) is 13.9. The highest BCUT2D eigenvalue weighted by molar-refractivity contribution is 7.92. The third-order valence-corrected chi connectivity index (χ3v) is 5.05. The van der Waals surface area contributed by atoms with Gasteiger partial charge in [0, 0.05) is 11.6 Å². The van der Waals surface area contributed by atoms with Crippen LogP contribution in [0.4, 0.5) is 0 Å². The number of hydrogen-bond donors (Lipinski definition) is 1. The van der Waals surface area contributed by atoms with Crippen molar-refractivity contribution < 1.29 is 9.66 Å². The van der Waals surface area contributed by atoms with Crippen LogP contribution in [0, 0.1) is 0 Å². The summed E-state index contributed by atoms with van der Waals surface area (Å²) in [5.74, 6) is 0.135. The van der Waals surface area contributed by atoms with Crippen LogP contribution in [0.25, 0.3) is 10.8 Å². The van der Waals surface area contributed by atoms with E-state index in [4.69, 9.17) is 0 Å². The molecular weight excluding hydrogens is 290 g/mol. The summed E-state index contributed by atoms with van der Waals surface area (Å²) in [7, 11) is 0. The fourth-order valence-corrected chi connectivity index (χ4v) is 3.51. The number of nitrogens with zero attached hydrogens (tertiary/aromatic N) is 1. The molecule has 5 heteroatoms. The molecule has 20 heavy (non-hydrogen) atoms. The first-order chi connectivity index (χ1) is 9.75. The van der Waals surface area contributed by atoms with E-state index in [1.54, 1.807) is 12.1 Å². The third kappa shape index (κ3) is 2.56. The van der Waals surface area contributed by atoms with E-state index in [1.807, 2.05) is 41.8 Å². The molecule has 0 aliphatic heterocycles. The van der Waals surface area contributed by atoms with E-state index in [0.29, 0.717) is 9.77 Å². The largest absolute Gasteiger partial charge is 0.585 e. The van der Waals surface area contributed by atoms with Gasteiger partial charge in [-0.05, 0) is 28.3 Å². The van der Waals surface area contributed by atoms with Crippen LogP contribution in [0.3, 0.4) is 0 Å². The quantitative estimate of drug-likeness (QED) is 0.591. The van der Waals surface area contributed by atoms with Crippen molar-refractivity contribution in [2.24, 2.45) is 4.40 Å². The summed E-state index contributed by atoms with van der Waals surface area (Å²) in [5.41, 5.74) is 0.591. The molecule has 100 valence electrons. The topological polar surface area (TPSA) is 55.7 Å². The van der Waals surface area contributed by atoms with E-state index in [-0.39, 0.29) is 5.75 Å². The Morgan fingerprint density at radius 2 is 1.95 bits per heavy atom. The molecule has 0 aliphatic rings. The average Bonchev–Trinajstić information content (AvgIpc) is 3.00. The predicted molar refractivity (Wildman–Crippen MR) is 83.9 cm³/mol. The monoisotopic (exact) mass is 301 g/mol. The first-order valence-electron chi connectivity index (χ1n) is 5.96. The molecule has 0 fully saturated rings. The van der Waals surface area contributed by atoms with Gasteiger partial charge in [-0.2, -0.15) is 0 Å². The lowest BCUT2D eigenvalue weighted by Gasteiger charge is -2.04. The minimum Gasteiger partial charge on any atom is -0.585 e. The Bertz CT molecular complexity index is 754. The maximum Gasteiger partial charge on any atom is 0.235 e. The molecule has 0 saturated heterocycles. The van der Waals surface area contributed by atoms with Crippen LogP contribution >= 0.6 is 11.3 Å². The molecule has 2 aromatic carbocycles. The van der Waals surface area contributed by atoms with Gasteiger partial charge < -0.3 is 9.66 Å². The second-order valence-corrected chi connectivity index (χ2v) is 6.49. The number of thiophene rings is 1. The van der Waals surface area contributed by atoms with Crippen LogP contribution in [0.5, 0.6) is 5.75 Å². The van der Waals surface area contributed by atoms with Gasteiger partial charge in [0.25, 0.3) is 0 Å². The van der Waals surface area contributed by atoms with Gasteiger partial charge in [-0.25, -0.2) is 0 Å². The van der Waals surface area contributed by atoms with Crippen molar-refractivity contribution in [3.8, 4) is 5.75 Å². The van der Waals surface area contributed by atoms with Crippen LogP contribution in [-0.4, -0.2) is 15.9 Å². The van der Waals surface area contributed by atoms with E-state index in [9.17, 15) is 9.66 Å². The Morgan fingerprint density at radius 1 is 1.10 bits per heavy atom. The summed E-state index contributed by atoms with van der Waals surface area (Å²) in [6.07, 6.45) is 1.48. The zero-order valence-corrected chi connectivity index (χ0v) is 12.0. The fraction of sp³-hybridized carbons (Fsp3) is 0. The van der Waals surface area contributed by atoms with E-state index < -0.39 is 11.4 Å². The van der Waals surface area contributed by atoms with Crippen LogP contribution < -0.4 is 0 Å². The molecule has 3 nitrogen and oxygen atoms in total. The van der Waals surface area contributed by atoms with E-state index in [0.717, 1.165) is 10.8 Å². The summed E-state index contributed by atoms with van der Waals surface area (Å²) < 4.78 is 16.7. The first-order valence-corrected chi connectivity index (χ1v) is 7.94. The lowest BCUT2D eigenvalue weighted by Crippen LogP contribution is -1.95. The van der Waals surface area contributed by atoms with Crippen LogP contribution in [0.2, 0.25) is 0 Å². The second-order valence-electron chi connectivity index (χ2n) is 4.14. The van der Waals surface area contributed by atoms with Gasteiger partial charge in [0.2, 0.25) is 4.21 Å². The van der Waals surface area contributed by atoms with Gasteiger partial charge in [0.15, 0.2) is 0 Å². The van der Waals surface area contributed by atoms with Crippen molar-refractivity contribution in [1.29, 1.82) is 0 Å². The van der Waals surface area contributed by atoms with Crippen molar-refractivity contribution in [2.45, 2.75) is 4.21 Å². The lowest BCUT2D eigenvalue weighted by atomic mass is 10.0. The van der Waals surface area contributed by atoms with Gasteiger partial charge in [-0.3, -0.25) is 0 Å². The van der Waals surface area contributed by atoms with E-state index in [2.05, 4.69) is 4.40 Å². The van der Waals surface area contributed by atoms with Crippen molar-refractivity contribution >= 4 is 39.7 Å². The number of rotatable bonds is 3. The minimum absolute atomic E-state index is 0.135. The Hall–Kier alpha value is -1.82. The number of aromatic hydroxyl groups is 1. The molecule has 0 amide bonds. The van der Waals surface area contributed by atoms with Crippen LogP contribution in [-0.2, 0) is 11.4 Å². The molecule has 0 spiro atoms. The standard InChI is InChI=1S/C15H11NO2S2/c17-14-8-7-11-4-1-2-5-12(11)13(14)10-16-20(18)15-6-3-9-19-15/h1-10,17H/b16-10+. The molecule has 0 aliphatic carbocycles. The summed E-state index contributed by atoms with van der Waals surface area (Å²) in [6, 6.07) is 14.8. The molecule has 1 atom stereocenters. The highest BCUT2D eigenvalue weighted by Crippen LogP contribution is 2.26. The number of phenolic OH excluding ortho intramolecular Hbond substituents is 1. The van der Waals surface area contributed by atoms with Crippen molar-refractivity contribution in [2.75, 3.05) is 0 Å². The average molecular weight is 301 g/mol. The number of benzene rings is 2. The maximum atomic E-state index is 12.0. The molecule has 3 aromatic rings. The Morgan fingerprint density at radius 3 is 2.75 bits per heavy atom. The predicted octanol–water partition coefficient (Wildman–Crippen LogP) is 3.75. The molecule has 0 saturated carbocycles. The van der Waals surface area contributed by atoms with Gasteiger partial charge in [-0.1, -0.05) is 46.1 Å². The highest BCUT2D eigenvalue weighted by Gasteiger charge is 2.11. The molecule has 1 unspecified atom stereocenters. The van der Waals surface area contributed by atoms with Gasteiger partial charge in [-0.15, -0.1) is 0 Å². The molecule has 3 rings (SSSR count). The molecule has 1 aromatic heterocycles. The minimum atomic E-state index is -1.43. The first kappa shape index (κ1) is 13.2. The van der Waals surface area contributed by atoms with Crippen LogP contribution in [0.1, 0.15) is 5.56 Å². The summed E-state index contributed by atoms with van der Waals surface area (Å²) in [6.45, 7) is 0. The SMILES string of the molecule is [O-][S+](/N=C/c1c(O)ccc2ccccc12)c1cccs1. The Kier molecular flexibility index (Phi) is 3.73. The van der Waals surface area contributed by atoms with Crippen LogP contribution in [0.15, 0.2) is 62.5 Å². The number of fused-ring (bicyclic) bond motifs is 1. The molecular formula is C15H11NO2S2. The third-order valence-electron chi connectivity index (χ3n) is 2.89. The smallest absolute Gasteiger partial charge is 0.235 e. The highest BCUT2D eigenvalue weighted by atomic mass is 32.2. The normalized spacial score (nSPS) is 13.1. The summed E-state index contributed by atoms with van der Waals surface area (Å²) in [4.78, 5) is 0. The van der Waals surface area contributed by atoms with Gasteiger partial charge >= 0.3 is 0 Å². The van der Waals surface area contributed by atoms with Crippen molar-refractivity contribution in [3.05, 3.63) is 59.5 Å². The maximum absolute atomic E-state index is 12.0. The number of hydrogen-bond acceptors (Lipinski definition) is 4. The Balaban J connectivity index is 2.00.